The van der Waals surface area contributed by atoms with Crippen LogP contribution in [0, 0.1) is 0 Å². The largest absolute Gasteiger partial charge is 0.289 e. The quantitative estimate of drug-likeness (QED) is 0.286. The SMILES string of the molecule is O=C(C=Cc1ccc(Cl)cc1)C(C(=O)C=Cc1ccc(Cl)cc1)=C1SCCS1. The Bertz CT molecular complexity index is 882. The monoisotopic (exact) mass is 446 g/mol. The zero-order valence-electron chi connectivity index (χ0n) is 14.7. The lowest BCUT2D eigenvalue weighted by Gasteiger charge is -2.04. The number of rotatable bonds is 6. The Hall–Kier alpha value is -1.72. The van der Waals surface area contributed by atoms with Crippen molar-refractivity contribution < 1.29 is 9.59 Å². The van der Waals surface area contributed by atoms with Crippen LogP contribution in [0.15, 0.2) is 70.5 Å². The average molecular weight is 447 g/mol. The van der Waals surface area contributed by atoms with Gasteiger partial charge in [0.15, 0.2) is 11.6 Å². The van der Waals surface area contributed by atoms with Crippen LogP contribution in [-0.2, 0) is 9.59 Å². The van der Waals surface area contributed by atoms with E-state index in [9.17, 15) is 9.59 Å². The van der Waals surface area contributed by atoms with Crippen LogP contribution >= 0.6 is 46.7 Å². The summed E-state index contributed by atoms with van der Waals surface area (Å²) >= 11 is 14.9. The van der Waals surface area contributed by atoms with E-state index < -0.39 is 0 Å². The summed E-state index contributed by atoms with van der Waals surface area (Å²) in [5.41, 5.74) is 1.92. The van der Waals surface area contributed by atoms with Crippen LogP contribution < -0.4 is 0 Å². The van der Waals surface area contributed by atoms with Crippen molar-refractivity contribution in [3.05, 3.63) is 91.7 Å². The first-order valence-corrected chi connectivity index (χ1v) is 11.2. The molecule has 2 aromatic carbocycles. The molecule has 0 atom stereocenters. The predicted molar refractivity (Wildman–Crippen MR) is 123 cm³/mol. The summed E-state index contributed by atoms with van der Waals surface area (Å²) in [6.45, 7) is 0. The zero-order valence-corrected chi connectivity index (χ0v) is 17.9. The lowest BCUT2D eigenvalue weighted by atomic mass is 10.1. The summed E-state index contributed by atoms with van der Waals surface area (Å²) < 4.78 is 0.788. The van der Waals surface area contributed by atoms with E-state index in [1.165, 1.54) is 12.2 Å². The van der Waals surface area contributed by atoms with Crippen LogP contribution in [0.3, 0.4) is 0 Å². The van der Waals surface area contributed by atoms with Gasteiger partial charge in [-0.1, -0.05) is 59.6 Å². The Kier molecular flexibility index (Phi) is 7.63. The van der Waals surface area contributed by atoms with Crippen LogP contribution in [0.5, 0.6) is 0 Å². The number of halogens is 2. The first-order valence-electron chi connectivity index (χ1n) is 8.49. The number of carbonyl (C=O) groups is 2. The summed E-state index contributed by atoms with van der Waals surface area (Å²) in [5, 5.41) is 1.26. The highest BCUT2D eigenvalue weighted by Gasteiger charge is 2.23. The van der Waals surface area contributed by atoms with Gasteiger partial charge < -0.3 is 0 Å². The van der Waals surface area contributed by atoms with Crippen molar-refractivity contribution >= 4 is 70.4 Å². The second-order valence-corrected chi connectivity index (χ2v) is 9.20. The van der Waals surface area contributed by atoms with E-state index >= 15 is 0 Å². The molecule has 0 bridgehead atoms. The molecular weight excluding hydrogens is 431 g/mol. The Labute approximate surface area is 182 Å². The second-order valence-electron chi connectivity index (χ2n) is 5.86. The molecule has 3 rings (SSSR count). The summed E-state index contributed by atoms with van der Waals surface area (Å²) in [5.74, 6) is 1.20. The summed E-state index contributed by atoms with van der Waals surface area (Å²) in [7, 11) is 0. The van der Waals surface area contributed by atoms with Crippen molar-refractivity contribution in [1.82, 2.24) is 0 Å². The van der Waals surface area contributed by atoms with Gasteiger partial charge in [0.05, 0.1) is 9.81 Å². The van der Waals surface area contributed by atoms with Crippen molar-refractivity contribution in [2.75, 3.05) is 11.5 Å². The molecule has 0 amide bonds. The molecule has 6 heteroatoms. The Balaban J connectivity index is 1.81. The molecule has 2 nitrogen and oxygen atoms in total. The van der Waals surface area contributed by atoms with E-state index in [1.807, 2.05) is 24.3 Å². The molecule has 1 aliphatic rings. The molecule has 0 spiro atoms. The maximum Gasteiger partial charge on any atom is 0.191 e. The zero-order chi connectivity index (χ0) is 19.9. The minimum atomic E-state index is -0.294. The number of allylic oxidation sites excluding steroid dienone is 3. The molecule has 1 aliphatic heterocycles. The third-order valence-corrected chi connectivity index (χ3v) is 7.06. The van der Waals surface area contributed by atoms with Crippen molar-refractivity contribution in [2.45, 2.75) is 0 Å². The van der Waals surface area contributed by atoms with Crippen molar-refractivity contribution in [3.8, 4) is 0 Å². The molecule has 142 valence electrons. The maximum atomic E-state index is 12.8. The second kappa shape index (κ2) is 10.2. The van der Waals surface area contributed by atoms with Gasteiger partial charge >= 0.3 is 0 Å². The van der Waals surface area contributed by atoms with Gasteiger partial charge in [0.25, 0.3) is 0 Å². The normalized spacial score (nSPS) is 14.1. The van der Waals surface area contributed by atoms with Gasteiger partial charge in [-0.25, -0.2) is 0 Å². The highest BCUT2D eigenvalue weighted by molar-refractivity contribution is 8.25. The maximum absolute atomic E-state index is 12.8. The molecule has 0 radical (unpaired) electrons. The fourth-order valence-corrected chi connectivity index (χ4v) is 5.25. The van der Waals surface area contributed by atoms with Gasteiger partial charge in [0, 0.05) is 21.6 Å². The van der Waals surface area contributed by atoms with Gasteiger partial charge in [-0.2, -0.15) is 0 Å². The fraction of sp³-hybridized carbons (Fsp3) is 0.0909. The van der Waals surface area contributed by atoms with Crippen LogP contribution in [0.2, 0.25) is 10.0 Å². The fourth-order valence-electron chi connectivity index (χ4n) is 2.44. The minimum absolute atomic E-state index is 0.225. The first kappa shape index (κ1) is 21.0. The van der Waals surface area contributed by atoms with E-state index in [0.29, 0.717) is 10.0 Å². The predicted octanol–water partition coefficient (Wildman–Crippen LogP) is 6.55. The number of thioether (sulfide) groups is 2. The summed E-state index contributed by atoms with van der Waals surface area (Å²) in [4.78, 5) is 25.6. The molecule has 28 heavy (non-hydrogen) atoms. The summed E-state index contributed by atoms with van der Waals surface area (Å²) in [6.07, 6.45) is 6.28. The molecular formula is C22H16Cl2O2S2. The van der Waals surface area contributed by atoms with E-state index in [2.05, 4.69) is 0 Å². The third kappa shape index (κ3) is 5.89. The number of hydrogen-bond acceptors (Lipinski definition) is 4. The molecule has 0 aliphatic carbocycles. The first-order chi connectivity index (χ1) is 13.5. The molecule has 1 saturated heterocycles. The Morgan fingerprint density at radius 1 is 0.714 bits per heavy atom. The van der Waals surface area contributed by atoms with E-state index in [1.54, 1.807) is 59.9 Å². The lowest BCUT2D eigenvalue weighted by Crippen LogP contribution is -2.10. The number of carbonyl (C=O) groups excluding carboxylic acids is 2. The van der Waals surface area contributed by atoms with E-state index in [-0.39, 0.29) is 17.1 Å². The van der Waals surface area contributed by atoms with Crippen LogP contribution in [-0.4, -0.2) is 23.1 Å². The van der Waals surface area contributed by atoms with E-state index in [0.717, 1.165) is 26.9 Å². The van der Waals surface area contributed by atoms with Gasteiger partial charge in [-0.3, -0.25) is 9.59 Å². The highest BCUT2D eigenvalue weighted by atomic mass is 35.5. The van der Waals surface area contributed by atoms with Crippen LogP contribution in [0.4, 0.5) is 0 Å². The standard InChI is InChI=1S/C22H16Cl2O2S2/c23-17-7-1-15(2-8-17)5-11-19(25)21(22-27-13-14-28-22)20(26)12-6-16-3-9-18(24)10-4-16/h1-12H,13-14H2. The molecule has 1 fully saturated rings. The molecule has 0 unspecified atom stereocenters. The van der Waals surface area contributed by atoms with E-state index in [4.69, 9.17) is 23.2 Å². The van der Waals surface area contributed by atoms with Crippen LogP contribution in [0.25, 0.3) is 12.2 Å². The minimum Gasteiger partial charge on any atom is -0.289 e. The number of ketones is 2. The molecule has 1 heterocycles. The number of hydrogen-bond donors (Lipinski definition) is 0. The van der Waals surface area contributed by atoms with Crippen LogP contribution in [0.1, 0.15) is 11.1 Å². The van der Waals surface area contributed by atoms with Crippen molar-refractivity contribution in [3.63, 3.8) is 0 Å². The highest BCUT2D eigenvalue weighted by Crippen LogP contribution is 2.39. The summed E-state index contributed by atoms with van der Waals surface area (Å²) in [6, 6.07) is 14.3. The lowest BCUT2D eigenvalue weighted by molar-refractivity contribution is -0.116. The molecule has 0 N–H and O–H groups in total. The molecule has 0 aromatic heterocycles. The smallest absolute Gasteiger partial charge is 0.191 e. The molecule has 0 saturated carbocycles. The number of benzene rings is 2. The van der Waals surface area contributed by atoms with Crippen molar-refractivity contribution in [2.24, 2.45) is 0 Å². The van der Waals surface area contributed by atoms with Crippen molar-refractivity contribution in [1.29, 1.82) is 0 Å². The van der Waals surface area contributed by atoms with Gasteiger partial charge in [0.2, 0.25) is 0 Å². The van der Waals surface area contributed by atoms with Gasteiger partial charge in [-0.15, -0.1) is 23.5 Å². The third-order valence-electron chi connectivity index (χ3n) is 3.84. The van der Waals surface area contributed by atoms with Gasteiger partial charge in [-0.05, 0) is 47.5 Å². The Morgan fingerprint density at radius 2 is 1.11 bits per heavy atom. The average Bonchev–Trinajstić information content (AvgIpc) is 3.21. The molecule has 2 aromatic rings. The van der Waals surface area contributed by atoms with Gasteiger partial charge in [0.1, 0.15) is 0 Å². The Morgan fingerprint density at radius 3 is 1.50 bits per heavy atom. The topological polar surface area (TPSA) is 34.1 Å².